The SMILES string of the molecule is Cc1cccc(Cl)c1C(=O)NN. The number of halogens is 1. The van der Waals surface area contributed by atoms with Crippen molar-refractivity contribution in [1.82, 2.24) is 5.43 Å². The molecule has 0 heterocycles. The zero-order chi connectivity index (χ0) is 9.14. The van der Waals surface area contributed by atoms with E-state index >= 15 is 0 Å². The molecule has 0 spiro atoms. The molecule has 64 valence electrons. The zero-order valence-electron chi connectivity index (χ0n) is 6.60. The van der Waals surface area contributed by atoms with E-state index in [1.807, 2.05) is 5.43 Å². The highest BCUT2D eigenvalue weighted by Crippen LogP contribution is 2.18. The van der Waals surface area contributed by atoms with E-state index in [0.29, 0.717) is 10.6 Å². The average molecular weight is 185 g/mol. The summed E-state index contributed by atoms with van der Waals surface area (Å²) in [5, 5.41) is 0.415. The maximum atomic E-state index is 11.1. The molecule has 0 aliphatic rings. The monoisotopic (exact) mass is 184 g/mol. The number of nitrogens with two attached hydrogens (primary N) is 1. The van der Waals surface area contributed by atoms with Gasteiger partial charge in [-0.25, -0.2) is 5.84 Å². The number of hydrazine groups is 1. The van der Waals surface area contributed by atoms with Crippen LogP contribution in [-0.2, 0) is 0 Å². The van der Waals surface area contributed by atoms with Gasteiger partial charge in [-0.15, -0.1) is 0 Å². The molecule has 1 amide bonds. The molecule has 4 heteroatoms. The highest BCUT2D eigenvalue weighted by atomic mass is 35.5. The van der Waals surface area contributed by atoms with Crippen LogP contribution in [0.3, 0.4) is 0 Å². The zero-order valence-corrected chi connectivity index (χ0v) is 7.35. The molecule has 0 bridgehead atoms. The molecule has 0 aliphatic carbocycles. The number of rotatable bonds is 1. The molecule has 1 rings (SSSR count). The Bertz CT molecular complexity index is 292. The van der Waals surface area contributed by atoms with Crippen molar-refractivity contribution in [3.05, 3.63) is 34.3 Å². The van der Waals surface area contributed by atoms with Crippen LogP contribution >= 0.6 is 11.6 Å². The number of hydrogen-bond donors (Lipinski definition) is 2. The summed E-state index contributed by atoms with van der Waals surface area (Å²) in [5.41, 5.74) is 3.28. The molecule has 0 unspecified atom stereocenters. The van der Waals surface area contributed by atoms with Crippen molar-refractivity contribution < 1.29 is 4.79 Å². The number of amides is 1. The number of nitrogens with one attached hydrogen (secondary N) is 1. The largest absolute Gasteiger partial charge is 0.290 e. The lowest BCUT2D eigenvalue weighted by Crippen LogP contribution is -2.30. The van der Waals surface area contributed by atoms with E-state index in [0.717, 1.165) is 5.56 Å². The second-order valence-corrected chi connectivity index (χ2v) is 2.81. The molecule has 3 N–H and O–H groups in total. The Balaban J connectivity index is 3.21. The summed E-state index contributed by atoms with van der Waals surface area (Å²) < 4.78 is 0. The molecule has 3 nitrogen and oxygen atoms in total. The van der Waals surface area contributed by atoms with Gasteiger partial charge in [-0.2, -0.15) is 0 Å². The number of hydrogen-bond acceptors (Lipinski definition) is 2. The molecule has 0 radical (unpaired) electrons. The number of carbonyl (C=O) groups is 1. The van der Waals surface area contributed by atoms with Crippen molar-refractivity contribution in [3.63, 3.8) is 0 Å². The molecule has 0 aromatic heterocycles. The van der Waals surface area contributed by atoms with Crippen LogP contribution < -0.4 is 11.3 Å². The van der Waals surface area contributed by atoms with Gasteiger partial charge in [0, 0.05) is 0 Å². The maximum absolute atomic E-state index is 11.1. The summed E-state index contributed by atoms with van der Waals surface area (Å²) in [4.78, 5) is 11.1. The minimum absolute atomic E-state index is 0.363. The van der Waals surface area contributed by atoms with Crippen molar-refractivity contribution in [2.75, 3.05) is 0 Å². The van der Waals surface area contributed by atoms with Crippen molar-refractivity contribution in [2.45, 2.75) is 6.92 Å². The van der Waals surface area contributed by atoms with Crippen LogP contribution in [0.5, 0.6) is 0 Å². The predicted octanol–water partition coefficient (Wildman–Crippen LogP) is 1.25. The van der Waals surface area contributed by atoms with Crippen LogP contribution in [-0.4, -0.2) is 5.91 Å². The molecular weight excluding hydrogens is 176 g/mol. The highest BCUT2D eigenvalue weighted by molar-refractivity contribution is 6.34. The summed E-state index contributed by atoms with van der Waals surface area (Å²) in [6.45, 7) is 1.80. The van der Waals surface area contributed by atoms with Gasteiger partial charge in [0.05, 0.1) is 10.6 Å². The Morgan fingerprint density at radius 2 is 2.25 bits per heavy atom. The van der Waals surface area contributed by atoms with Crippen molar-refractivity contribution in [2.24, 2.45) is 5.84 Å². The van der Waals surface area contributed by atoms with Gasteiger partial charge in [-0.3, -0.25) is 10.2 Å². The smallest absolute Gasteiger partial charge is 0.266 e. The Kier molecular flexibility index (Phi) is 2.68. The van der Waals surface area contributed by atoms with Crippen LogP contribution in [0.25, 0.3) is 0 Å². The predicted molar refractivity (Wildman–Crippen MR) is 47.8 cm³/mol. The van der Waals surface area contributed by atoms with Crippen LogP contribution in [0.15, 0.2) is 18.2 Å². The van der Waals surface area contributed by atoms with E-state index in [4.69, 9.17) is 17.4 Å². The fraction of sp³-hybridized carbons (Fsp3) is 0.125. The van der Waals surface area contributed by atoms with Gasteiger partial charge in [-0.05, 0) is 18.6 Å². The third kappa shape index (κ3) is 1.57. The Hall–Kier alpha value is -1.06. The molecule has 0 saturated carbocycles. The molecule has 1 aromatic carbocycles. The molecule has 0 atom stereocenters. The summed E-state index contributed by atoms with van der Waals surface area (Å²) >= 11 is 5.79. The normalized spacial score (nSPS) is 9.58. The van der Waals surface area contributed by atoms with E-state index in [2.05, 4.69) is 0 Å². The third-order valence-electron chi connectivity index (χ3n) is 1.58. The first-order valence-corrected chi connectivity index (χ1v) is 3.80. The van der Waals surface area contributed by atoms with Crippen LogP contribution in [0, 0.1) is 6.92 Å². The maximum Gasteiger partial charge on any atom is 0.266 e. The fourth-order valence-electron chi connectivity index (χ4n) is 0.992. The number of benzene rings is 1. The number of carbonyl (C=O) groups excluding carboxylic acids is 1. The molecule has 0 fully saturated rings. The standard InChI is InChI=1S/C8H9ClN2O/c1-5-3-2-4-6(9)7(5)8(12)11-10/h2-4H,10H2,1H3,(H,11,12). The minimum Gasteiger partial charge on any atom is -0.290 e. The number of nitrogen functional groups attached to an aromatic ring is 1. The molecule has 12 heavy (non-hydrogen) atoms. The molecule has 0 saturated heterocycles. The van der Waals surface area contributed by atoms with Crippen LogP contribution in [0.4, 0.5) is 0 Å². The van der Waals surface area contributed by atoms with Gasteiger partial charge in [0.2, 0.25) is 0 Å². The van der Waals surface area contributed by atoms with E-state index < -0.39 is 0 Å². The second-order valence-electron chi connectivity index (χ2n) is 2.41. The molecular formula is C8H9ClN2O. The lowest BCUT2D eigenvalue weighted by Gasteiger charge is -2.05. The third-order valence-corrected chi connectivity index (χ3v) is 1.90. The fourth-order valence-corrected chi connectivity index (χ4v) is 1.30. The van der Waals surface area contributed by atoms with Gasteiger partial charge in [0.1, 0.15) is 0 Å². The average Bonchev–Trinajstić information content (AvgIpc) is 2.03. The van der Waals surface area contributed by atoms with Gasteiger partial charge >= 0.3 is 0 Å². The Morgan fingerprint density at radius 3 is 2.75 bits per heavy atom. The van der Waals surface area contributed by atoms with E-state index in [-0.39, 0.29) is 5.91 Å². The van der Waals surface area contributed by atoms with Crippen LogP contribution in [0.1, 0.15) is 15.9 Å². The van der Waals surface area contributed by atoms with Gasteiger partial charge in [-0.1, -0.05) is 23.7 Å². The first-order chi connectivity index (χ1) is 5.66. The number of aryl methyl sites for hydroxylation is 1. The van der Waals surface area contributed by atoms with E-state index in [1.165, 1.54) is 0 Å². The van der Waals surface area contributed by atoms with Crippen LogP contribution in [0.2, 0.25) is 5.02 Å². The lowest BCUT2D eigenvalue weighted by atomic mass is 10.1. The van der Waals surface area contributed by atoms with Crippen molar-refractivity contribution >= 4 is 17.5 Å². The van der Waals surface area contributed by atoms with Gasteiger partial charge in [0.15, 0.2) is 0 Å². The van der Waals surface area contributed by atoms with Gasteiger partial charge < -0.3 is 0 Å². The highest BCUT2D eigenvalue weighted by Gasteiger charge is 2.10. The van der Waals surface area contributed by atoms with Crippen molar-refractivity contribution in [1.29, 1.82) is 0 Å². The second kappa shape index (κ2) is 3.56. The van der Waals surface area contributed by atoms with Gasteiger partial charge in [0.25, 0.3) is 5.91 Å². The summed E-state index contributed by atoms with van der Waals surface area (Å²) in [6, 6.07) is 5.24. The topological polar surface area (TPSA) is 55.1 Å². The van der Waals surface area contributed by atoms with E-state index in [9.17, 15) is 4.79 Å². The summed E-state index contributed by atoms with van der Waals surface area (Å²) in [7, 11) is 0. The lowest BCUT2D eigenvalue weighted by molar-refractivity contribution is 0.0953. The quantitative estimate of drug-likeness (QED) is 0.392. The summed E-state index contributed by atoms with van der Waals surface area (Å²) in [6.07, 6.45) is 0. The minimum atomic E-state index is -0.363. The molecule has 0 aliphatic heterocycles. The Morgan fingerprint density at radius 1 is 1.58 bits per heavy atom. The van der Waals surface area contributed by atoms with Crippen molar-refractivity contribution in [3.8, 4) is 0 Å². The molecule has 1 aromatic rings. The first kappa shape index (κ1) is 9.03. The Labute approximate surface area is 75.5 Å². The van der Waals surface area contributed by atoms with E-state index in [1.54, 1.807) is 25.1 Å². The first-order valence-electron chi connectivity index (χ1n) is 3.43. The summed E-state index contributed by atoms with van der Waals surface area (Å²) in [5.74, 6) is 4.62.